The Bertz CT molecular complexity index is 3200. The number of nitrogens with one attached hydrogen (secondary N) is 3. The van der Waals surface area contributed by atoms with Crippen molar-refractivity contribution in [3.63, 3.8) is 0 Å². The second kappa shape index (κ2) is 19.7. The number of halogens is 1. The van der Waals surface area contributed by atoms with Gasteiger partial charge in [-0.25, -0.2) is 35.2 Å². The summed E-state index contributed by atoms with van der Waals surface area (Å²) >= 11 is 0. The molecule has 2 aromatic heterocycles. The Balaban J connectivity index is 0.865. The van der Waals surface area contributed by atoms with Crippen LogP contribution in [0.25, 0.3) is 11.0 Å². The van der Waals surface area contributed by atoms with Gasteiger partial charge in [-0.05, 0) is 112 Å². The van der Waals surface area contributed by atoms with Crippen molar-refractivity contribution in [2.24, 2.45) is 11.3 Å². The molecule has 10 rings (SSSR count). The zero-order valence-corrected chi connectivity index (χ0v) is 44.0. The summed E-state index contributed by atoms with van der Waals surface area (Å²) in [5.41, 5.74) is 2.06. The van der Waals surface area contributed by atoms with Crippen molar-refractivity contribution in [2.45, 2.75) is 119 Å². The summed E-state index contributed by atoms with van der Waals surface area (Å²) in [7, 11) is -8.20. The third-order valence-electron chi connectivity index (χ3n) is 16.4. The van der Waals surface area contributed by atoms with Gasteiger partial charge in [0.05, 0.1) is 43.9 Å². The van der Waals surface area contributed by atoms with Crippen LogP contribution in [-0.2, 0) is 20.0 Å². The van der Waals surface area contributed by atoms with Crippen molar-refractivity contribution < 1.29 is 45.5 Å². The van der Waals surface area contributed by atoms with Crippen LogP contribution in [0.15, 0.2) is 78.0 Å². The van der Waals surface area contributed by atoms with E-state index in [1.807, 2.05) is 0 Å². The average Bonchev–Trinajstić information content (AvgIpc) is 3.74. The maximum Gasteiger partial charge on any atom is 0.297 e. The molecule has 1 saturated carbocycles. The molecular formula is C53H65FN8O10S2. The van der Waals surface area contributed by atoms with E-state index in [-0.39, 0.29) is 81.4 Å². The Morgan fingerprint density at radius 2 is 1.72 bits per heavy atom. The highest BCUT2D eigenvalue weighted by molar-refractivity contribution is 7.90. The Hall–Kier alpha value is -5.87. The zero-order chi connectivity index (χ0) is 52.5. The number of hydrogen-bond donors (Lipinski definition) is 4. The fraction of sp³-hybridized carbons (Fsp3) is 0.509. The lowest BCUT2D eigenvalue weighted by Crippen LogP contribution is -2.65. The normalized spacial score (nSPS) is 24.5. The van der Waals surface area contributed by atoms with Gasteiger partial charge in [0.15, 0.2) is 11.4 Å². The molecule has 0 radical (unpaired) electrons. The first-order valence-electron chi connectivity index (χ1n) is 25.6. The van der Waals surface area contributed by atoms with E-state index in [1.165, 1.54) is 29.5 Å². The van der Waals surface area contributed by atoms with Gasteiger partial charge in [-0.2, -0.15) is 0 Å². The van der Waals surface area contributed by atoms with Gasteiger partial charge in [-0.15, -0.1) is 0 Å². The number of aromatic nitrogens is 2. The maximum absolute atomic E-state index is 14.7. The molecule has 3 aromatic carbocycles. The predicted octanol–water partition coefficient (Wildman–Crippen LogP) is 8.26. The number of likely N-dealkylation sites (tertiary alicyclic amines) is 1. The standard InChI is InChI=1S/C53H65FN8O10S2/c1-32(2)38-8-6-7-9-39(38)42-28-61(74(69,70)33(3)4)19-14-45(42)60-30-53(31-60)17-20-59(21-18-53)35-10-11-40(47(22-35)72-36-23-41-43(54)27-56-50(41)55-26-36)51(63)58-73(67,68)37-24-46(62(65)66)49-48(25-37)71-29-44(57-49)34-12-15-52(5,64)16-13-34/h6-11,22-27,32-34,42,44-45,57,64H,12-21,28-31H2,1-5H3,(H,55,56)(H,58,63)/t34?,42-,44-,45-,52?/m1/s1. The number of hydrogen-bond acceptors (Lipinski definition) is 14. The number of ether oxygens (including phenoxy) is 2. The molecular weight excluding hydrogens is 992 g/mol. The third-order valence-corrected chi connectivity index (χ3v) is 19.9. The second-order valence-corrected chi connectivity index (χ2v) is 26.2. The van der Waals surface area contributed by atoms with Crippen LogP contribution in [0.3, 0.4) is 0 Å². The molecule has 1 aliphatic carbocycles. The Kier molecular flexibility index (Phi) is 13.7. The van der Waals surface area contributed by atoms with Gasteiger partial charge in [0.25, 0.3) is 21.6 Å². The highest BCUT2D eigenvalue weighted by Gasteiger charge is 2.51. The summed E-state index contributed by atoms with van der Waals surface area (Å²) in [5.74, 6) is -1.25. The van der Waals surface area contributed by atoms with Gasteiger partial charge in [0.1, 0.15) is 29.6 Å². The summed E-state index contributed by atoms with van der Waals surface area (Å²) < 4.78 is 85.8. The largest absolute Gasteiger partial charge is 0.489 e. The monoisotopic (exact) mass is 1060 g/mol. The molecule has 6 heterocycles. The third kappa shape index (κ3) is 10.0. The average molecular weight is 1060 g/mol. The number of benzene rings is 3. The number of piperidine rings is 2. The number of sulfonamides is 2. The summed E-state index contributed by atoms with van der Waals surface area (Å²) in [4.78, 5) is 37.1. The van der Waals surface area contributed by atoms with Crippen LogP contribution in [0, 0.1) is 27.3 Å². The number of carbonyl (C=O) groups is 1. The molecule has 0 unspecified atom stereocenters. The number of nitro benzene ring substituents is 1. The summed E-state index contributed by atoms with van der Waals surface area (Å²) in [6, 6.07) is 16.6. The van der Waals surface area contributed by atoms with E-state index in [1.54, 1.807) is 37.2 Å². The Morgan fingerprint density at radius 3 is 2.42 bits per heavy atom. The van der Waals surface area contributed by atoms with Crippen molar-refractivity contribution in [1.82, 2.24) is 23.9 Å². The minimum atomic E-state index is -4.76. The molecule has 1 amide bonds. The topological polar surface area (TPSA) is 230 Å². The lowest BCUT2D eigenvalue weighted by Gasteiger charge is -2.59. The van der Waals surface area contributed by atoms with Gasteiger partial charge in [-0.3, -0.25) is 19.8 Å². The van der Waals surface area contributed by atoms with Crippen molar-refractivity contribution in [3.05, 3.63) is 106 Å². The number of nitrogens with zero attached hydrogens (tertiary/aromatic N) is 5. The second-order valence-electron chi connectivity index (χ2n) is 22.0. The van der Waals surface area contributed by atoms with Crippen LogP contribution in [0.1, 0.15) is 113 Å². The minimum Gasteiger partial charge on any atom is -0.489 e. The van der Waals surface area contributed by atoms with Crippen molar-refractivity contribution in [1.29, 1.82) is 0 Å². The molecule has 0 bridgehead atoms. The number of fused-ring (bicyclic) bond motifs is 2. The van der Waals surface area contributed by atoms with Gasteiger partial charge >= 0.3 is 0 Å². The lowest BCUT2D eigenvalue weighted by molar-refractivity contribution is -0.384. The van der Waals surface area contributed by atoms with E-state index in [0.717, 1.165) is 50.7 Å². The van der Waals surface area contributed by atoms with E-state index in [4.69, 9.17) is 9.47 Å². The number of aliphatic hydroxyl groups is 1. The van der Waals surface area contributed by atoms with E-state index < -0.39 is 58.1 Å². The molecule has 18 nitrogen and oxygen atoms in total. The summed E-state index contributed by atoms with van der Waals surface area (Å²) in [5, 5.41) is 25.7. The molecule has 3 atom stereocenters. The van der Waals surface area contributed by atoms with Crippen LogP contribution >= 0.6 is 0 Å². The van der Waals surface area contributed by atoms with E-state index in [0.29, 0.717) is 57.5 Å². The first-order valence-corrected chi connectivity index (χ1v) is 28.6. The van der Waals surface area contributed by atoms with Crippen molar-refractivity contribution in [2.75, 3.05) is 56.1 Å². The molecule has 74 heavy (non-hydrogen) atoms. The molecule has 396 valence electrons. The van der Waals surface area contributed by atoms with Crippen LogP contribution in [0.4, 0.5) is 21.5 Å². The quantitative estimate of drug-likeness (QED) is 0.0643. The highest BCUT2D eigenvalue weighted by atomic mass is 32.2. The first kappa shape index (κ1) is 51.6. The SMILES string of the molecule is CC(C)c1ccccc1[C@H]1CN(S(=O)(=O)C(C)C)CC[C@H]1N1CC2(CCN(c3ccc(C(=O)NS(=O)(=O)c4cc5c(c([N+](=O)[O-])c4)N[C@@H](C4CCC(C)(O)CC4)CO5)c(Oc4cnc5[nH]cc(F)c5c4)c3)CC2)C1. The molecule has 1 spiro atoms. The number of nitro groups is 1. The minimum absolute atomic E-state index is 0.0191. The van der Waals surface area contributed by atoms with Gasteiger partial charge in [0.2, 0.25) is 10.0 Å². The molecule has 4 N–H and O–H groups in total. The van der Waals surface area contributed by atoms with Crippen molar-refractivity contribution >= 4 is 54.0 Å². The first-order chi connectivity index (χ1) is 35.1. The van der Waals surface area contributed by atoms with Gasteiger partial charge < -0.3 is 29.8 Å². The van der Waals surface area contributed by atoms with Crippen LogP contribution in [0.2, 0.25) is 0 Å². The molecule has 3 saturated heterocycles. The van der Waals surface area contributed by atoms with Gasteiger partial charge in [-0.1, -0.05) is 38.1 Å². The molecule has 5 aliphatic rings. The number of pyridine rings is 1. The number of amides is 1. The summed E-state index contributed by atoms with van der Waals surface area (Å²) in [6.45, 7) is 13.8. The zero-order valence-electron chi connectivity index (χ0n) is 42.3. The van der Waals surface area contributed by atoms with Crippen LogP contribution in [0.5, 0.6) is 17.2 Å². The molecule has 4 fully saturated rings. The van der Waals surface area contributed by atoms with E-state index in [2.05, 4.69) is 67.9 Å². The molecule has 4 aliphatic heterocycles. The Morgan fingerprint density at radius 1 is 0.986 bits per heavy atom. The fourth-order valence-corrected chi connectivity index (χ4v) is 14.3. The predicted molar refractivity (Wildman–Crippen MR) is 279 cm³/mol. The fourth-order valence-electron chi connectivity index (χ4n) is 12.0. The van der Waals surface area contributed by atoms with E-state index in [9.17, 15) is 41.2 Å². The Labute approximate surface area is 431 Å². The van der Waals surface area contributed by atoms with Crippen LogP contribution in [-0.4, -0.2) is 121 Å². The lowest BCUT2D eigenvalue weighted by atomic mass is 9.69. The number of carbonyl (C=O) groups excluding carboxylic acids is 1. The van der Waals surface area contributed by atoms with Crippen molar-refractivity contribution in [3.8, 4) is 17.2 Å². The molecule has 5 aromatic rings. The van der Waals surface area contributed by atoms with Crippen LogP contribution < -0.4 is 24.4 Å². The number of H-pyrrole nitrogens is 1. The smallest absolute Gasteiger partial charge is 0.297 e. The number of rotatable bonds is 13. The number of anilines is 2. The van der Waals surface area contributed by atoms with E-state index >= 15 is 0 Å². The highest BCUT2D eigenvalue weighted by Crippen LogP contribution is 2.48. The number of aromatic amines is 1. The van der Waals surface area contributed by atoms with Gasteiger partial charge in [0, 0.05) is 81.3 Å². The maximum atomic E-state index is 14.7. The molecule has 21 heteroatoms. The summed E-state index contributed by atoms with van der Waals surface area (Å²) in [6.07, 6.45) is 7.51.